The second-order valence-electron chi connectivity index (χ2n) is 5.38. The van der Waals surface area contributed by atoms with Crippen molar-refractivity contribution in [1.29, 1.82) is 0 Å². The van der Waals surface area contributed by atoms with Crippen LogP contribution in [0.2, 0.25) is 0 Å². The van der Waals surface area contributed by atoms with Crippen molar-refractivity contribution < 1.29 is 14.0 Å². The average molecular weight is 299 g/mol. The Hall–Kier alpha value is -2.63. The minimum atomic E-state index is -0.315. The summed E-state index contributed by atoms with van der Waals surface area (Å²) in [6.07, 6.45) is 1.85. The lowest BCUT2D eigenvalue weighted by Crippen LogP contribution is -2.43. The maximum atomic E-state index is 11.9. The van der Waals surface area contributed by atoms with E-state index >= 15 is 0 Å². The molecule has 1 heterocycles. The van der Waals surface area contributed by atoms with Crippen molar-refractivity contribution in [1.82, 2.24) is 15.8 Å². The molecule has 2 amide bonds. The molecule has 0 radical (unpaired) electrons. The molecule has 1 aromatic heterocycles. The van der Waals surface area contributed by atoms with Gasteiger partial charge in [-0.25, -0.2) is 4.98 Å². The zero-order valence-corrected chi connectivity index (χ0v) is 12.3. The van der Waals surface area contributed by atoms with Crippen LogP contribution in [0.15, 0.2) is 34.7 Å². The van der Waals surface area contributed by atoms with Crippen LogP contribution in [-0.2, 0) is 16.0 Å². The van der Waals surface area contributed by atoms with Crippen LogP contribution in [0.1, 0.15) is 24.3 Å². The molecule has 6 heteroatoms. The van der Waals surface area contributed by atoms with Crippen molar-refractivity contribution >= 4 is 11.8 Å². The zero-order valence-electron chi connectivity index (χ0n) is 12.3. The van der Waals surface area contributed by atoms with E-state index in [1.807, 2.05) is 30.3 Å². The van der Waals surface area contributed by atoms with Crippen LogP contribution in [-0.4, -0.2) is 16.8 Å². The van der Waals surface area contributed by atoms with Crippen molar-refractivity contribution in [2.45, 2.75) is 26.2 Å². The fraction of sp³-hybridized carbons (Fsp3) is 0.312. The normalized spacial score (nSPS) is 13.7. The SMILES string of the molecule is Cc1oc(-c2ccccc2)nc1CC(=O)NNC(=O)C1CC1. The Bertz CT molecular complexity index is 690. The summed E-state index contributed by atoms with van der Waals surface area (Å²) in [5, 5.41) is 0. The lowest BCUT2D eigenvalue weighted by Gasteiger charge is -2.05. The van der Waals surface area contributed by atoms with E-state index in [4.69, 9.17) is 4.42 Å². The number of rotatable bonds is 4. The molecule has 3 rings (SSSR count). The standard InChI is InChI=1S/C16H17N3O3/c1-10-13(9-14(20)18-19-15(21)11-7-8-11)17-16(22-10)12-5-3-2-4-6-12/h2-6,11H,7-9H2,1H3,(H,18,20)(H,19,21). The van der Waals surface area contributed by atoms with Gasteiger partial charge < -0.3 is 4.42 Å². The number of carbonyl (C=O) groups is 2. The van der Waals surface area contributed by atoms with Gasteiger partial charge in [0.15, 0.2) is 0 Å². The monoisotopic (exact) mass is 299 g/mol. The third-order valence-electron chi connectivity index (χ3n) is 3.51. The molecule has 0 bridgehead atoms. The number of carbonyl (C=O) groups excluding carboxylic acids is 2. The number of nitrogens with zero attached hydrogens (tertiary/aromatic N) is 1. The molecule has 0 spiro atoms. The molecule has 1 saturated carbocycles. The molecular weight excluding hydrogens is 282 g/mol. The smallest absolute Gasteiger partial charge is 0.244 e. The Kier molecular flexibility index (Phi) is 3.91. The molecule has 0 aliphatic heterocycles. The van der Waals surface area contributed by atoms with E-state index in [0.29, 0.717) is 17.3 Å². The van der Waals surface area contributed by atoms with Crippen molar-refractivity contribution in [2.24, 2.45) is 5.92 Å². The number of hydrogen-bond acceptors (Lipinski definition) is 4. The summed E-state index contributed by atoms with van der Waals surface area (Å²) < 4.78 is 5.60. The van der Waals surface area contributed by atoms with Crippen LogP contribution in [0, 0.1) is 12.8 Å². The lowest BCUT2D eigenvalue weighted by atomic mass is 10.2. The van der Waals surface area contributed by atoms with Crippen LogP contribution in [0.4, 0.5) is 0 Å². The first kappa shape index (κ1) is 14.3. The molecule has 1 aliphatic rings. The average Bonchev–Trinajstić information content (AvgIpc) is 3.31. The van der Waals surface area contributed by atoms with E-state index in [0.717, 1.165) is 18.4 Å². The van der Waals surface area contributed by atoms with Gasteiger partial charge in [-0.15, -0.1) is 0 Å². The van der Waals surface area contributed by atoms with Gasteiger partial charge in [0, 0.05) is 11.5 Å². The molecule has 6 nitrogen and oxygen atoms in total. The molecule has 0 unspecified atom stereocenters. The van der Waals surface area contributed by atoms with Crippen LogP contribution >= 0.6 is 0 Å². The van der Waals surface area contributed by atoms with Gasteiger partial charge in [-0.3, -0.25) is 20.4 Å². The minimum Gasteiger partial charge on any atom is -0.441 e. The summed E-state index contributed by atoms with van der Waals surface area (Å²) in [6, 6.07) is 9.50. The van der Waals surface area contributed by atoms with E-state index < -0.39 is 0 Å². The summed E-state index contributed by atoms with van der Waals surface area (Å²) in [7, 11) is 0. The van der Waals surface area contributed by atoms with E-state index in [9.17, 15) is 9.59 Å². The van der Waals surface area contributed by atoms with Crippen LogP contribution in [0.5, 0.6) is 0 Å². The van der Waals surface area contributed by atoms with E-state index in [1.165, 1.54) is 0 Å². The summed E-state index contributed by atoms with van der Waals surface area (Å²) >= 11 is 0. The number of nitrogens with one attached hydrogen (secondary N) is 2. The van der Waals surface area contributed by atoms with Gasteiger partial charge in [-0.1, -0.05) is 18.2 Å². The fourth-order valence-corrected chi connectivity index (χ4v) is 2.07. The van der Waals surface area contributed by atoms with Crippen LogP contribution in [0.3, 0.4) is 0 Å². The van der Waals surface area contributed by atoms with Crippen LogP contribution < -0.4 is 10.9 Å². The van der Waals surface area contributed by atoms with E-state index in [2.05, 4.69) is 15.8 Å². The summed E-state index contributed by atoms with van der Waals surface area (Å²) in [4.78, 5) is 27.7. The molecule has 1 aliphatic carbocycles. The molecule has 2 aromatic rings. The highest BCUT2D eigenvalue weighted by atomic mass is 16.4. The molecule has 0 atom stereocenters. The molecule has 0 saturated heterocycles. The largest absolute Gasteiger partial charge is 0.441 e. The number of aryl methyl sites for hydroxylation is 1. The van der Waals surface area contributed by atoms with Gasteiger partial charge in [0.1, 0.15) is 5.76 Å². The number of amides is 2. The zero-order chi connectivity index (χ0) is 15.5. The first-order chi connectivity index (χ1) is 10.6. The Morgan fingerprint density at radius 3 is 2.64 bits per heavy atom. The van der Waals surface area contributed by atoms with Gasteiger partial charge in [-0.2, -0.15) is 0 Å². The first-order valence-electron chi connectivity index (χ1n) is 7.24. The molecule has 22 heavy (non-hydrogen) atoms. The van der Waals surface area contributed by atoms with Crippen molar-refractivity contribution in [3.8, 4) is 11.5 Å². The van der Waals surface area contributed by atoms with Gasteiger partial charge in [0.05, 0.1) is 12.1 Å². The van der Waals surface area contributed by atoms with Crippen molar-refractivity contribution in [3.63, 3.8) is 0 Å². The Labute approximate surface area is 127 Å². The van der Waals surface area contributed by atoms with Gasteiger partial charge in [0.2, 0.25) is 17.7 Å². The number of benzene rings is 1. The summed E-state index contributed by atoms with van der Waals surface area (Å²) in [5.74, 6) is 0.699. The number of hydrazine groups is 1. The lowest BCUT2D eigenvalue weighted by molar-refractivity contribution is -0.129. The fourth-order valence-electron chi connectivity index (χ4n) is 2.07. The Morgan fingerprint density at radius 1 is 1.23 bits per heavy atom. The van der Waals surface area contributed by atoms with E-state index in [-0.39, 0.29) is 24.2 Å². The predicted octanol–water partition coefficient (Wildman–Crippen LogP) is 1.75. The third kappa shape index (κ3) is 3.33. The molecule has 1 fully saturated rings. The molecular formula is C16H17N3O3. The highest BCUT2D eigenvalue weighted by molar-refractivity contribution is 5.85. The predicted molar refractivity (Wildman–Crippen MR) is 79.4 cm³/mol. The van der Waals surface area contributed by atoms with Gasteiger partial charge in [0.25, 0.3) is 0 Å². The maximum Gasteiger partial charge on any atom is 0.244 e. The molecule has 1 aromatic carbocycles. The highest BCUT2D eigenvalue weighted by Gasteiger charge is 2.29. The van der Waals surface area contributed by atoms with Gasteiger partial charge in [-0.05, 0) is 31.9 Å². The quantitative estimate of drug-likeness (QED) is 0.842. The van der Waals surface area contributed by atoms with Gasteiger partial charge >= 0.3 is 0 Å². The second kappa shape index (κ2) is 6.01. The molecule has 114 valence electrons. The minimum absolute atomic E-state index is 0.0544. The number of hydrogen-bond donors (Lipinski definition) is 2. The summed E-state index contributed by atoms with van der Waals surface area (Å²) in [5.41, 5.74) is 6.26. The Morgan fingerprint density at radius 2 is 1.95 bits per heavy atom. The molecule has 2 N–H and O–H groups in total. The first-order valence-corrected chi connectivity index (χ1v) is 7.24. The van der Waals surface area contributed by atoms with Crippen molar-refractivity contribution in [3.05, 3.63) is 41.8 Å². The maximum absolute atomic E-state index is 11.9. The van der Waals surface area contributed by atoms with Crippen LogP contribution in [0.25, 0.3) is 11.5 Å². The Balaban J connectivity index is 1.61. The third-order valence-corrected chi connectivity index (χ3v) is 3.51. The highest BCUT2D eigenvalue weighted by Crippen LogP contribution is 2.28. The summed E-state index contributed by atoms with van der Waals surface area (Å²) in [6.45, 7) is 1.77. The number of aromatic nitrogens is 1. The second-order valence-corrected chi connectivity index (χ2v) is 5.38. The number of oxazole rings is 1. The van der Waals surface area contributed by atoms with Crippen molar-refractivity contribution in [2.75, 3.05) is 0 Å². The topological polar surface area (TPSA) is 84.2 Å². The van der Waals surface area contributed by atoms with E-state index in [1.54, 1.807) is 6.92 Å².